The number of rotatable bonds is 8. The average molecular weight is 404 g/mol. The Morgan fingerprint density at radius 3 is 2.07 bits per heavy atom. The zero-order chi connectivity index (χ0) is 21.5. The van der Waals surface area contributed by atoms with Crippen molar-refractivity contribution in [1.82, 2.24) is 10.6 Å². The lowest BCUT2D eigenvalue weighted by atomic mass is 10.0. The number of hydrogen-bond acceptors (Lipinski definition) is 3. The van der Waals surface area contributed by atoms with E-state index in [2.05, 4.69) is 10.6 Å². The van der Waals surface area contributed by atoms with Gasteiger partial charge in [0, 0.05) is 19.8 Å². The summed E-state index contributed by atoms with van der Waals surface area (Å²) in [5.74, 6) is -2.01. The van der Waals surface area contributed by atoms with Crippen LogP contribution in [0.1, 0.15) is 18.1 Å². The lowest BCUT2D eigenvalue weighted by Gasteiger charge is -2.21. The van der Waals surface area contributed by atoms with E-state index >= 15 is 0 Å². The monoisotopic (exact) mass is 404 g/mol. The fourth-order valence-electron chi connectivity index (χ4n) is 3.38. The van der Waals surface area contributed by atoms with E-state index in [0.29, 0.717) is 0 Å². The van der Waals surface area contributed by atoms with E-state index in [4.69, 9.17) is 0 Å². The number of amides is 2. The standard InChI is InChI=1S/C24H24N2O4/c1-16(27)25-21(14-17-7-3-2-4-8-17)23(28)26-22(24(29)30)15-18-11-12-19-9-5-6-10-20(19)13-18/h2-13,21-22H,14-15H2,1H3,(H,25,27)(H,26,28)(H,29,30)/t21-,22+/m1/s1. The number of nitrogens with one attached hydrogen (secondary N) is 2. The number of carboxylic acids is 1. The highest BCUT2D eigenvalue weighted by molar-refractivity contribution is 5.90. The number of carboxylic acid groups (broad SMARTS) is 1. The highest BCUT2D eigenvalue weighted by Crippen LogP contribution is 2.17. The third-order valence-electron chi connectivity index (χ3n) is 4.84. The molecule has 0 saturated carbocycles. The van der Waals surface area contributed by atoms with Crippen LogP contribution in [-0.2, 0) is 27.2 Å². The van der Waals surface area contributed by atoms with Gasteiger partial charge in [-0.2, -0.15) is 0 Å². The molecule has 0 unspecified atom stereocenters. The molecule has 0 aliphatic rings. The van der Waals surface area contributed by atoms with Crippen molar-refractivity contribution in [2.45, 2.75) is 31.8 Å². The first-order valence-corrected chi connectivity index (χ1v) is 9.74. The summed E-state index contributed by atoms with van der Waals surface area (Å²) in [7, 11) is 0. The van der Waals surface area contributed by atoms with Crippen molar-refractivity contribution in [3.63, 3.8) is 0 Å². The minimum Gasteiger partial charge on any atom is -0.480 e. The largest absolute Gasteiger partial charge is 0.480 e. The summed E-state index contributed by atoms with van der Waals surface area (Å²) in [6, 6.07) is 20.8. The van der Waals surface area contributed by atoms with Crippen molar-refractivity contribution < 1.29 is 19.5 Å². The number of carbonyl (C=O) groups excluding carboxylic acids is 2. The second-order valence-corrected chi connectivity index (χ2v) is 7.23. The van der Waals surface area contributed by atoms with E-state index < -0.39 is 24.0 Å². The summed E-state index contributed by atoms with van der Waals surface area (Å²) in [6.07, 6.45) is 0.415. The van der Waals surface area contributed by atoms with E-state index in [1.54, 1.807) is 0 Å². The molecular formula is C24H24N2O4. The Hall–Kier alpha value is -3.67. The lowest BCUT2D eigenvalue weighted by Crippen LogP contribution is -2.52. The normalized spacial score (nSPS) is 12.7. The van der Waals surface area contributed by atoms with Crippen LogP contribution < -0.4 is 10.6 Å². The fourth-order valence-corrected chi connectivity index (χ4v) is 3.38. The minimum atomic E-state index is -1.13. The maximum absolute atomic E-state index is 12.8. The summed E-state index contributed by atoms with van der Waals surface area (Å²) in [6.45, 7) is 1.33. The van der Waals surface area contributed by atoms with Crippen LogP contribution in [0.5, 0.6) is 0 Å². The molecule has 0 saturated heterocycles. The van der Waals surface area contributed by atoms with E-state index in [9.17, 15) is 19.5 Å². The molecule has 154 valence electrons. The molecule has 2 amide bonds. The van der Waals surface area contributed by atoms with E-state index in [1.165, 1.54) is 6.92 Å². The smallest absolute Gasteiger partial charge is 0.326 e. The van der Waals surface area contributed by atoms with Crippen LogP contribution in [0.15, 0.2) is 72.8 Å². The van der Waals surface area contributed by atoms with E-state index in [1.807, 2.05) is 72.8 Å². The van der Waals surface area contributed by atoms with Gasteiger partial charge < -0.3 is 15.7 Å². The van der Waals surface area contributed by atoms with Gasteiger partial charge in [0.1, 0.15) is 12.1 Å². The molecule has 0 aliphatic heterocycles. The summed E-state index contributed by atoms with van der Waals surface area (Å²) in [5.41, 5.74) is 1.67. The van der Waals surface area contributed by atoms with Crippen molar-refractivity contribution in [2.75, 3.05) is 0 Å². The molecule has 0 heterocycles. The maximum atomic E-state index is 12.8. The third kappa shape index (κ3) is 5.67. The molecule has 0 bridgehead atoms. The molecule has 3 aromatic carbocycles. The molecule has 3 rings (SSSR count). The van der Waals surface area contributed by atoms with Crippen molar-refractivity contribution >= 4 is 28.6 Å². The molecule has 30 heavy (non-hydrogen) atoms. The van der Waals surface area contributed by atoms with Crippen LogP contribution in [0.25, 0.3) is 10.8 Å². The van der Waals surface area contributed by atoms with Gasteiger partial charge in [0.15, 0.2) is 0 Å². The summed E-state index contributed by atoms with van der Waals surface area (Å²) in [4.78, 5) is 36.2. The Bertz CT molecular complexity index is 1050. The average Bonchev–Trinajstić information content (AvgIpc) is 2.73. The Balaban J connectivity index is 1.74. The predicted octanol–water partition coefficient (Wildman–Crippen LogP) is 2.70. The van der Waals surface area contributed by atoms with Gasteiger partial charge in [0.05, 0.1) is 0 Å². The number of fused-ring (bicyclic) bond motifs is 1. The fraction of sp³-hybridized carbons (Fsp3) is 0.208. The van der Waals surface area contributed by atoms with Crippen LogP contribution in [0.2, 0.25) is 0 Å². The molecule has 2 atom stereocenters. The molecule has 6 nitrogen and oxygen atoms in total. The Labute approximate surface area is 174 Å². The Morgan fingerprint density at radius 2 is 1.40 bits per heavy atom. The molecule has 0 spiro atoms. The van der Waals surface area contributed by atoms with Gasteiger partial charge in [-0.15, -0.1) is 0 Å². The van der Waals surface area contributed by atoms with Gasteiger partial charge >= 0.3 is 5.97 Å². The second-order valence-electron chi connectivity index (χ2n) is 7.23. The summed E-state index contributed by atoms with van der Waals surface area (Å²) >= 11 is 0. The van der Waals surface area contributed by atoms with Gasteiger partial charge in [0.25, 0.3) is 0 Å². The van der Waals surface area contributed by atoms with Crippen LogP contribution in [0, 0.1) is 0 Å². The highest BCUT2D eigenvalue weighted by Gasteiger charge is 2.26. The first-order chi connectivity index (χ1) is 14.4. The molecular weight excluding hydrogens is 380 g/mol. The topological polar surface area (TPSA) is 95.5 Å². The minimum absolute atomic E-state index is 0.143. The van der Waals surface area contributed by atoms with Crippen LogP contribution >= 0.6 is 0 Å². The second kappa shape index (κ2) is 9.69. The molecule has 0 aliphatic carbocycles. The predicted molar refractivity (Wildman–Crippen MR) is 115 cm³/mol. The summed E-state index contributed by atoms with van der Waals surface area (Å²) < 4.78 is 0. The molecule has 0 aromatic heterocycles. The number of carbonyl (C=O) groups is 3. The van der Waals surface area contributed by atoms with Crippen LogP contribution in [0.3, 0.4) is 0 Å². The first-order valence-electron chi connectivity index (χ1n) is 9.74. The summed E-state index contributed by atoms with van der Waals surface area (Å²) in [5, 5.41) is 16.9. The van der Waals surface area contributed by atoms with Gasteiger partial charge in [-0.05, 0) is 21.9 Å². The van der Waals surface area contributed by atoms with Gasteiger partial charge in [-0.25, -0.2) is 4.79 Å². The Morgan fingerprint density at radius 1 is 0.767 bits per heavy atom. The quantitative estimate of drug-likeness (QED) is 0.538. The molecule has 6 heteroatoms. The zero-order valence-electron chi connectivity index (χ0n) is 16.7. The number of aliphatic carboxylic acids is 1. The van der Waals surface area contributed by atoms with Crippen LogP contribution in [-0.4, -0.2) is 35.0 Å². The molecule has 3 aromatic rings. The van der Waals surface area contributed by atoms with Crippen molar-refractivity contribution in [1.29, 1.82) is 0 Å². The van der Waals surface area contributed by atoms with Gasteiger partial charge in [-0.3, -0.25) is 9.59 Å². The van der Waals surface area contributed by atoms with Crippen molar-refractivity contribution in [2.24, 2.45) is 0 Å². The highest BCUT2D eigenvalue weighted by atomic mass is 16.4. The van der Waals surface area contributed by atoms with Crippen LogP contribution in [0.4, 0.5) is 0 Å². The molecule has 0 fully saturated rings. The van der Waals surface area contributed by atoms with E-state index in [-0.39, 0.29) is 18.7 Å². The SMILES string of the molecule is CC(=O)N[C@H](Cc1ccccc1)C(=O)N[C@@H](Cc1ccc2ccccc2c1)C(=O)O. The maximum Gasteiger partial charge on any atom is 0.326 e. The van der Waals surface area contributed by atoms with E-state index in [0.717, 1.165) is 21.9 Å². The van der Waals surface area contributed by atoms with Crippen molar-refractivity contribution in [3.05, 3.63) is 83.9 Å². The van der Waals surface area contributed by atoms with Gasteiger partial charge in [-0.1, -0.05) is 72.8 Å². The van der Waals surface area contributed by atoms with Crippen molar-refractivity contribution in [3.8, 4) is 0 Å². The lowest BCUT2D eigenvalue weighted by molar-refractivity contribution is -0.142. The van der Waals surface area contributed by atoms with Gasteiger partial charge in [0.2, 0.25) is 11.8 Å². The number of benzene rings is 3. The molecule has 3 N–H and O–H groups in total. The number of hydrogen-bond donors (Lipinski definition) is 3. The molecule has 0 radical (unpaired) electrons. The first kappa shape index (κ1) is 21.0. The third-order valence-corrected chi connectivity index (χ3v) is 4.84. The Kier molecular flexibility index (Phi) is 6.80. The zero-order valence-corrected chi connectivity index (χ0v) is 16.7.